The van der Waals surface area contributed by atoms with Crippen LogP contribution in [-0.4, -0.2) is 22.3 Å². The van der Waals surface area contributed by atoms with Gasteiger partial charge in [0.25, 0.3) is 0 Å². The van der Waals surface area contributed by atoms with Crippen LogP contribution in [0.1, 0.15) is 31.9 Å². The molecule has 0 saturated heterocycles. The molecular weight excluding hydrogens is 266 g/mol. The molecule has 20 heavy (non-hydrogen) atoms. The van der Waals surface area contributed by atoms with Crippen molar-refractivity contribution in [3.63, 3.8) is 0 Å². The van der Waals surface area contributed by atoms with Crippen molar-refractivity contribution in [2.75, 3.05) is 18.1 Å². The quantitative estimate of drug-likeness (QED) is 0.843. The first-order valence-electron chi connectivity index (χ1n) is 7.32. The second kappa shape index (κ2) is 7.55. The standard InChI is InChI=1S/C17H23NOS/c1-3-12-20(19)13-17(18-4-2)16-11-7-9-14-8-5-6-10-15(14)16/h5-11,17-18H,3-4,12-13H2,1-2H3. The monoisotopic (exact) mass is 289 g/mol. The number of hydrogen-bond acceptors (Lipinski definition) is 2. The van der Waals surface area contributed by atoms with E-state index in [1.807, 2.05) is 0 Å². The highest BCUT2D eigenvalue weighted by Gasteiger charge is 2.15. The summed E-state index contributed by atoms with van der Waals surface area (Å²) < 4.78 is 12.1. The van der Waals surface area contributed by atoms with Crippen LogP contribution >= 0.6 is 0 Å². The summed E-state index contributed by atoms with van der Waals surface area (Å²) >= 11 is 0. The SMILES string of the molecule is CCCS(=O)CC(NCC)c1cccc2ccccc12. The first-order chi connectivity index (χ1) is 9.76. The lowest BCUT2D eigenvalue weighted by atomic mass is 9.99. The van der Waals surface area contributed by atoms with Crippen LogP contribution in [0.5, 0.6) is 0 Å². The number of fused-ring (bicyclic) bond motifs is 1. The number of hydrogen-bond donors (Lipinski definition) is 1. The molecular formula is C17H23NOS. The van der Waals surface area contributed by atoms with E-state index in [9.17, 15) is 4.21 Å². The second-order valence-electron chi connectivity index (χ2n) is 4.99. The third kappa shape index (κ3) is 3.68. The molecule has 0 aliphatic rings. The van der Waals surface area contributed by atoms with Crippen molar-refractivity contribution in [2.24, 2.45) is 0 Å². The molecule has 2 nitrogen and oxygen atoms in total. The third-order valence-corrected chi connectivity index (χ3v) is 5.00. The Morgan fingerprint density at radius 2 is 1.85 bits per heavy atom. The van der Waals surface area contributed by atoms with E-state index in [1.54, 1.807) is 0 Å². The maximum atomic E-state index is 12.1. The molecule has 2 aromatic rings. The maximum absolute atomic E-state index is 12.1. The Bertz CT molecular complexity index is 577. The van der Waals surface area contributed by atoms with Crippen LogP contribution in [0, 0.1) is 0 Å². The fraction of sp³-hybridized carbons (Fsp3) is 0.412. The molecule has 2 aromatic carbocycles. The highest BCUT2D eigenvalue weighted by molar-refractivity contribution is 7.85. The molecule has 108 valence electrons. The number of nitrogens with one attached hydrogen (secondary N) is 1. The summed E-state index contributed by atoms with van der Waals surface area (Å²) in [5, 5.41) is 5.99. The average Bonchev–Trinajstić information content (AvgIpc) is 2.46. The van der Waals surface area contributed by atoms with Crippen LogP contribution in [0.25, 0.3) is 10.8 Å². The van der Waals surface area contributed by atoms with Gasteiger partial charge in [0.05, 0.1) is 0 Å². The first kappa shape index (κ1) is 15.2. The molecule has 1 N–H and O–H groups in total. The molecule has 0 spiro atoms. The van der Waals surface area contributed by atoms with Crippen molar-refractivity contribution >= 4 is 21.6 Å². The average molecular weight is 289 g/mol. The van der Waals surface area contributed by atoms with E-state index in [1.165, 1.54) is 16.3 Å². The van der Waals surface area contributed by atoms with Gasteiger partial charge in [0, 0.05) is 28.3 Å². The Hall–Kier alpha value is -1.19. The van der Waals surface area contributed by atoms with Gasteiger partial charge in [0.1, 0.15) is 0 Å². The summed E-state index contributed by atoms with van der Waals surface area (Å²) in [4.78, 5) is 0. The summed E-state index contributed by atoms with van der Waals surface area (Å²) in [6.45, 7) is 5.07. The van der Waals surface area contributed by atoms with Gasteiger partial charge in [0.15, 0.2) is 0 Å². The highest BCUT2D eigenvalue weighted by Crippen LogP contribution is 2.25. The van der Waals surface area contributed by atoms with Crippen LogP contribution in [0.4, 0.5) is 0 Å². The molecule has 0 radical (unpaired) electrons. The fourth-order valence-electron chi connectivity index (χ4n) is 2.56. The van der Waals surface area contributed by atoms with Crippen LogP contribution in [-0.2, 0) is 10.8 Å². The Morgan fingerprint density at radius 1 is 1.10 bits per heavy atom. The summed E-state index contributed by atoms with van der Waals surface area (Å²) in [6, 6.07) is 14.9. The van der Waals surface area contributed by atoms with Crippen LogP contribution < -0.4 is 5.32 Å². The highest BCUT2D eigenvalue weighted by atomic mass is 32.2. The summed E-state index contributed by atoms with van der Waals surface area (Å²) in [5.74, 6) is 1.47. The topological polar surface area (TPSA) is 29.1 Å². The number of benzene rings is 2. The van der Waals surface area contributed by atoms with Gasteiger partial charge >= 0.3 is 0 Å². The van der Waals surface area contributed by atoms with Gasteiger partial charge in [-0.05, 0) is 29.3 Å². The van der Waals surface area contributed by atoms with E-state index in [0.29, 0.717) is 5.75 Å². The zero-order valence-electron chi connectivity index (χ0n) is 12.3. The molecule has 0 aliphatic carbocycles. The zero-order chi connectivity index (χ0) is 14.4. The molecule has 0 saturated carbocycles. The van der Waals surface area contributed by atoms with Gasteiger partial charge in [0.2, 0.25) is 0 Å². The van der Waals surface area contributed by atoms with Crippen molar-refractivity contribution in [1.29, 1.82) is 0 Å². The molecule has 0 bridgehead atoms. The van der Waals surface area contributed by atoms with Crippen molar-refractivity contribution < 1.29 is 4.21 Å². The van der Waals surface area contributed by atoms with Crippen molar-refractivity contribution in [3.05, 3.63) is 48.0 Å². The molecule has 0 amide bonds. The van der Waals surface area contributed by atoms with Crippen molar-refractivity contribution in [1.82, 2.24) is 5.32 Å². The molecule has 0 aliphatic heterocycles. The fourth-order valence-corrected chi connectivity index (χ4v) is 3.85. The van der Waals surface area contributed by atoms with E-state index in [4.69, 9.17) is 0 Å². The summed E-state index contributed by atoms with van der Waals surface area (Å²) in [7, 11) is -0.758. The molecule has 3 heteroatoms. The molecule has 0 fully saturated rings. The molecule has 0 heterocycles. The minimum atomic E-state index is -0.758. The summed E-state index contributed by atoms with van der Waals surface area (Å²) in [6.07, 6.45) is 0.973. The van der Waals surface area contributed by atoms with Crippen LogP contribution in [0.2, 0.25) is 0 Å². The van der Waals surface area contributed by atoms with Crippen molar-refractivity contribution in [2.45, 2.75) is 26.3 Å². The zero-order valence-corrected chi connectivity index (χ0v) is 13.1. The lowest BCUT2D eigenvalue weighted by molar-refractivity contribution is 0.597. The van der Waals surface area contributed by atoms with E-state index in [2.05, 4.69) is 61.6 Å². The Balaban J connectivity index is 2.33. The van der Waals surface area contributed by atoms with Gasteiger partial charge in [-0.3, -0.25) is 4.21 Å². The van der Waals surface area contributed by atoms with E-state index >= 15 is 0 Å². The first-order valence-corrected chi connectivity index (χ1v) is 8.81. The van der Waals surface area contributed by atoms with Gasteiger partial charge in [-0.15, -0.1) is 0 Å². The third-order valence-electron chi connectivity index (χ3n) is 3.43. The molecule has 2 unspecified atom stereocenters. The lowest BCUT2D eigenvalue weighted by Gasteiger charge is -2.20. The minimum absolute atomic E-state index is 0.165. The minimum Gasteiger partial charge on any atom is -0.309 e. The Kier molecular flexibility index (Phi) is 5.74. The smallest absolute Gasteiger partial charge is 0.0442 e. The Morgan fingerprint density at radius 3 is 2.60 bits per heavy atom. The molecule has 0 aromatic heterocycles. The maximum Gasteiger partial charge on any atom is 0.0442 e. The van der Waals surface area contributed by atoms with E-state index in [-0.39, 0.29) is 6.04 Å². The largest absolute Gasteiger partial charge is 0.309 e. The Labute approximate surface area is 124 Å². The molecule has 2 atom stereocenters. The van der Waals surface area contributed by atoms with Gasteiger partial charge in [-0.25, -0.2) is 0 Å². The van der Waals surface area contributed by atoms with Gasteiger partial charge in [-0.1, -0.05) is 56.3 Å². The predicted molar refractivity (Wildman–Crippen MR) is 88.5 cm³/mol. The van der Waals surface area contributed by atoms with E-state index in [0.717, 1.165) is 18.7 Å². The predicted octanol–water partition coefficient (Wildman–Crippen LogP) is 3.65. The second-order valence-corrected chi connectivity index (χ2v) is 6.61. The number of rotatable bonds is 7. The summed E-state index contributed by atoms with van der Waals surface area (Å²) in [5.41, 5.74) is 1.26. The van der Waals surface area contributed by atoms with Crippen LogP contribution in [0.15, 0.2) is 42.5 Å². The van der Waals surface area contributed by atoms with Gasteiger partial charge < -0.3 is 5.32 Å². The lowest BCUT2D eigenvalue weighted by Crippen LogP contribution is -2.27. The normalized spacial score (nSPS) is 14.3. The molecule has 2 rings (SSSR count). The van der Waals surface area contributed by atoms with Crippen LogP contribution in [0.3, 0.4) is 0 Å². The van der Waals surface area contributed by atoms with E-state index < -0.39 is 10.8 Å². The van der Waals surface area contributed by atoms with Crippen molar-refractivity contribution in [3.8, 4) is 0 Å². The van der Waals surface area contributed by atoms with Gasteiger partial charge in [-0.2, -0.15) is 0 Å².